The molecule has 6 heteroatoms. The van der Waals surface area contributed by atoms with Crippen molar-refractivity contribution in [1.82, 2.24) is 4.98 Å². The molecular formula is C10H13BrN4O. The first kappa shape index (κ1) is 13.0. The van der Waals surface area contributed by atoms with Crippen LogP contribution in [0.4, 0.5) is 0 Å². The van der Waals surface area contributed by atoms with Crippen molar-refractivity contribution in [1.29, 1.82) is 0 Å². The Kier molecular flexibility index (Phi) is 6.56. The van der Waals surface area contributed by atoms with Gasteiger partial charge in [0, 0.05) is 23.4 Å². The third-order valence-corrected chi connectivity index (χ3v) is 2.44. The molecular weight excluding hydrogens is 272 g/mol. The quantitative estimate of drug-likeness (QED) is 0.254. The number of ether oxygens (including phenoxy) is 1. The zero-order valence-corrected chi connectivity index (χ0v) is 10.4. The minimum atomic E-state index is 0.478. The van der Waals surface area contributed by atoms with Crippen molar-refractivity contribution >= 4 is 15.9 Å². The first-order valence-electron chi connectivity index (χ1n) is 4.96. The molecule has 0 aliphatic carbocycles. The van der Waals surface area contributed by atoms with Gasteiger partial charge in [-0.05, 0) is 24.1 Å². The van der Waals surface area contributed by atoms with E-state index in [1.165, 1.54) is 0 Å². The normalized spacial score (nSPS) is 9.81. The third-order valence-electron chi connectivity index (χ3n) is 1.86. The molecule has 0 radical (unpaired) electrons. The molecule has 5 nitrogen and oxygen atoms in total. The SMILES string of the molecule is [N-]=[N+]=NCCCOCc1cccc(CBr)n1. The molecule has 0 atom stereocenters. The highest BCUT2D eigenvalue weighted by Gasteiger charge is 1.96. The fourth-order valence-corrected chi connectivity index (χ4v) is 1.46. The van der Waals surface area contributed by atoms with Crippen LogP contribution in [0.1, 0.15) is 17.8 Å². The number of nitrogens with zero attached hydrogens (tertiary/aromatic N) is 4. The van der Waals surface area contributed by atoms with Crippen LogP contribution in [0.15, 0.2) is 23.3 Å². The minimum absolute atomic E-state index is 0.478. The summed E-state index contributed by atoms with van der Waals surface area (Å²) in [6.45, 7) is 1.56. The van der Waals surface area contributed by atoms with Crippen LogP contribution in [-0.2, 0) is 16.7 Å². The summed E-state index contributed by atoms with van der Waals surface area (Å²) in [4.78, 5) is 7.04. The van der Waals surface area contributed by atoms with Gasteiger partial charge in [-0.15, -0.1) is 0 Å². The summed E-state index contributed by atoms with van der Waals surface area (Å²) < 4.78 is 5.40. The Morgan fingerprint density at radius 1 is 1.44 bits per heavy atom. The standard InChI is InChI=1S/C10H13BrN4O/c11-7-9-3-1-4-10(14-9)8-16-6-2-5-13-15-12/h1,3-4H,2,5-8H2. The van der Waals surface area contributed by atoms with Crippen molar-refractivity contribution in [2.45, 2.75) is 18.4 Å². The van der Waals surface area contributed by atoms with Crippen LogP contribution < -0.4 is 0 Å². The number of alkyl halides is 1. The van der Waals surface area contributed by atoms with Crippen LogP contribution in [-0.4, -0.2) is 18.1 Å². The Morgan fingerprint density at radius 3 is 3.00 bits per heavy atom. The lowest BCUT2D eigenvalue weighted by Gasteiger charge is -2.03. The lowest BCUT2D eigenvalue weighted by atomic mass is 10.3. The van der Waals surface area contributed by atoms with E-state index in [9.17, 15) is 0 Å². The van der Waals surface area contributed by atoms with Gasteiger partial charge in [0.1, 0.15) is 0 Å². The van der Waals surface area contributed by atoms with E-state index < -0.39 is 0 Å². The van der Waals surface area contributed by atoms with Crippen molar-refractivity contribution in [2.75, 3.05) is 13.2 Å². The Labute approximate surface area is 103 Å². The second kappa shape index (κ2) is 8.10. The van der Waals surface area contributed by atoms with Crippen LogP contribution in [0.25, 0.3) is 10.4 Å². The van der Waals surface area contributed by atoms with Gasteiger partial charge in [-0.25, -0.2) is 0 Å². The van der Waals surface area contributed by atoms with Gasteiger partial charge in [-0.1, -0.05) is 27.1 Å². The van der Waals surface area contributed by atoms with Crippen molar-refractivity contribution < 1.29 is 4.74 Å². The van der Waals surface area contributed by atoms with Gasteiger partial charge in [0.2, 0.25) is 0 Å². The zero-order chi connectivity index (χ0) is 11.6. The van der Waals surface area contributed by atoms with Crippen molar-refractivity contribution in [3.63, 3.8) is 0 Å². The molecule has 0 amide bonds. The Hall–Kier alpha value is -1.10. The van der Waals surface area contributed by atoms with Gasteiger partial charge in [0.25, 0.3) is 0 Å². The fourth-order valence-electron chi connectivity index (χ4n) is 1.14. The van der Waals surface area contributed by atoms with Gasteiger partial charge in [-0.3, -0.25) is 4.98 Å². The lowest BCUT2D eigenvalue weighted by Crippen LogP contribution is -2.00. The molecule has 0 unspecified atom stereocenters. The molecule has 1 aromatic heterocycles. The molecule has 0 spiro atoms. The number of hydrogen-bond donors (Lipinski definition) is 0. The molecule has 1 heterocycles. The zero-order valence-electron chi connectivity index (χ0n) is 8.84. The minimum Gasteiger partial charge on any atom is -0.375 e. The monoisotopic (exact) mass is 284 g/mol. The predicted molar refractivity (Wildman–Crippen MR) is 65.2 cm³/mol. The van der Waals surface area contributed by atoms with Gasteiger partial charge >= 0.3 is 0 Å². The average molecular weight is 285 g/mol. The summed E-state index contributed by atoms with van der Waals surface area (Å²) in [5.74, 6) is 0. The van der Waals surface area contributed by atoms with Gasteiger partial charge in [0.15, 0.2) is 0 Å². The van der Waals surface area contributed by atoms with Crippen molar-refractivity contribution in [3.8, 4) is 0 Å². The summed E-state index contributed by atoms with van der Waals surface area (Å²) in [6, 6.07) is 5.85. The summed E-state index contributed by atoms with van der Waals surface area (Å²) >= 11 is 3.35. The van der Waals surface area contributed by atoms with Crippen LogP contribution in [0.3, 0.4) is 0 Å². The second-order valence-corrected chi connectivity index (χ2v) is 3.68. The molecule has 0 N–H and O–H groups in total. The maximum atomic E-state index is 8.06. The van der Waals surface area contributed by atoms with E-state index in [-0.39, 0.29) is 0 Å². The highest BCUT2D eigenvalue weighted by molar-refractivity contribution is 9.08. The predicted octanol–water partition coefficient (Wildman–Crippen LogP) is 3.19. The first-order valence-corrected chi connectivity index (χ1v) is 6.08. The third kappa shape index (κ3) is 5.11. The van der Waals surface area contributed by atoms with E-state index in [2.05, 4.69) is 30.9 Å². The lowest BCUT2D eigenvalue weighted by molar-refractivity contribution is 0.117. The summed E-state index contributed by atoms with van der Waals surface area (Å²) in [5, 5.41) is 4.17. The molecule has 0 aromatic carbocycles. The van der Waals surface area contributed by atoms with Gasteiger partial charge in [-0.2, -0.15) is 0 Å². The molecule has 16 heavy (non-hydrogen) atoms. The van der Waals surface area contributed by atoms with E-state index in [1.54, 1.807) is 0 Å². The van der Waals surface area contributed by atoms with Gasteiger partial charge < -0.3 is 4.74 Å². The molecule has 0 saturated heterocycles. The molecule has 0 saturated carbocycles. The second-order valence-electron chi connectivity index (χ2n) is 3.11. The highest BCUT2D eigenvalue weighted by atomic mass is 79.9. The summed E-state index contributed by atoms with van der Waals surface area (Å²) in [7, 11) is 0. The number of rotatable bonds is 7. The molecule has 0 fully saturated rings. The molecule has 0 aliphatic rings. The number of azide groups is 1. The van der Waals surface area contributed by atoms with Crippen molar-refractivity contribution in [2.24, 2.45) is 5.11 Å². The number of halogens is 1. The van der Waals surface area contributed by atoms with Crippen LogP contribution in [0.5, 0.6) is 0 Å². The highest BCUT2D eigenvalue weighted by Crippen LogP contribution is 2.05. The number of pyridine rings is 1. The Morgan fingerprint density at radius 2 is 2.25 bits per heavy atom. The Balaban J connectivity index is 2.23. The largest absolute Gasteiger partial charge is 0.375 e. The summed E-state index contributed by atoms with van der Waals surface area (Å²) in [6.07, 6.45) is 0.738. The first-order chi connectivity index (χ1) is 7.86. The van der Waals surface area contributed by atoms with Crippen LogP contribution in [0.2, 0.25) is 0 Å². The smallest absolute Gasteiger partial charge is 0.0887 e. The van der Waals surface area contributed by atoms with Crippen molar-refractivity contribution in [3.05, 3.63) is 40.0 Å². The molecule has 0 bridgehead atoms. The Bertz CT molecular complexity index is 366. The molecule has 1 rings (SSSR count). The van der Waals surface area contributed by atoms with Crippen LogP contribution >= 0.6 is 15.9 Å². The van der Waals surface area contributed by atoms with E-state index in [1.807, 2.05) is 18.2 Å². The number of hydrogen-bond acceptors (Lipinski definition) is 3. The maximum absolute atomic E-state index is 8.06. The fraction of sp³-hybridized carbons (Fsp3) is 0.500. The van der Waals surface area contributed by atoms with E-state index in [4.69, 9.17) is 10.3 Å². The number of aromatic nitrogens is 1. The van der Waals surface area contributed by atoms with E-state index in [0.29, 0.717) is 19.8 Å². The van der Waals surface area contributed by atoms with E-state index >= 15 is 0 Å². The molecule has 0 aliphatic heterocycles. The average Bonchev–Trinajstić information content (AvgIpc) is 2.34. The topological polar surface area (TPSA) is 70.9 Å². The van der Waals surface area contributed by atoms with E-state index in [0.717, 1.165) is 23.1 Å². The molecule has 1 aromatic rings. The van der Waals surface area contributed by atoms with Crippen LogP contribution in [0, 0.1) is 0 Å². The summed E-state index contributed by atoms with van der Waals surface area (Å²) in [5.41, 5.74) is 9.97. The molecule has 86 valence electrons. The van der Waals surface area contributed by atoms with Gasteiger partial charge in [0.05, 0.1) is 18.0 Å². The maximum Gasteiger partial charge on any atom is 0.0887 e.